The third-order valence-corrected chi connectivity index (χ3v) is 6.28. The molecule has 24 heavy (non-hydrogen) atoms. The number of benzene rings is 2. The van der Waals surface area contributed by atoms with E-state index in [1.165, 1.54) is 39.0 Å². The SMILES string of the molecule is O=C(Nc1nc2c(s1)-c1cccc3cccc-2c13)c1ccc(Cl)s1. The number of aromatic nitrogens is 1. The van der Waals surface area contributed by atoms with Crippen molar-refractivity contribution in [3.8, 4) is 21.7 Å². The van der Waals surface area contributed by atoms with E-state index >= 15 is 0 Å². The lowest BCUT2D eigenvalue weighted by Crippen LogP contribution is -2.09. The van der Waals surface area contributed by atoms with Gasteiger partial charge in [-0.15, -0.1) is 11.3 Å². The monoisotopic (exact) mass is 368 g/mol. The van der Waals surface area contributed by atoms with Crippen LogP contribution in [0, 0.1) is 0 Å². The number of anilines is 1. The molecule has 1 N–H and O–H groups in total. The normalized spacial score (nSPS) is 11.7. The molecule has 116 valence electrons. The average Bonchev–Trinajstić information content (AvgIpc) is 3.26. The first-order valence-electron chi connectivity index (χ1n) is 7.31. The molecule has 0 aliphatic heterocycles. The van der Waals surface area contributed by atoms with Crippen LogP contribution in [0.4, 0.5) is 5.13 Å². The molecule has 6 heteroatoms. The van der Waals surface area contributed by atoms with Crippen LogP contribution in [-0.4, -0.2) is 10.9 Å². The third kappa shape index (κ3) is 2.02. The van der Waals surface area contributed by atoms with Crippen molar-refractivity contribution in [2.24, 2.45) is 0 Å². The highest BCUT2D eigenvalue weighted by molar-refractivity contribution is 7.20. The Morgan fingerprint density at radius 2 is 1.79 bits per heavy atom. The fourth-order valence-corrected chi connectivity index (χ4v) is 5.01. The molecule has 2 aromatic carbocycles. The van der Waals surface area contributed by atoms with E-state index in [1.54, 1.807) is 12.1 Å². The van der Waals surface area contributed by atoms with Crippen molar-refractivity contribution in [1.29, 1.82) is 0 Å². The van der Waals surface area contributed by atoms with E-state index in [0.717, 1.165) is 16.1 Å². The van der Waals surface area contributed by atoms with Crippen molar-refractivity contribution < 1.29 is 4.79 Å². The summed E-state index contributed by atoms with van der Waals surface area (Å²) in [5, 5.41) is 5.96. The first-order valence-corrected chi connectivity index (χ1v) is 9.32. The highest BCUT2D eigenvalue weighted by atomic mass is 35.5. The molecular formula is C18H9ClN2OS2. The van der Waals surface area contributed by atoms with Crippen LogP contribution < -0.4 is 5.32 Å². The predicted octanol–water partition coefficient (Wildman–Crippen LogP) is 5.91. The summed E-state index contributed by atoms with van der Waals surface area (Å²) in [6, 6.07) is 16.0. The quantitative estimate of drug-likeness (QED) is 0.420. The Balaban J connectivity index is 1.56. The van der Waals surface area contributed by atoms with Crippen molar-refractivity contribution in [1.82, 2.24) is 4.98 Å². The van der Waals surface area contributed by atoms with Gasteiger partial charge in [0.2, 0.25) is 0 Å². The van der Waals surface area contributed by atoms with Gasteiger partial charge in [0.15, 0.2) is 5.13 Å². The van der Waals surface area contributed by atoms with Crippen LogP contribution in [0.15, 0.2) is 48.5 Å². The summed E-state index contributed by atoms with van der Waals surface area (Å²) in [4.78, 5) is 18.7. The molecule has 0 fully saturated rings. The molecule has 1 amide bonds. The number of halogens is 1. The summed E-state index contributed by atoms with van der Waals surface area (Å²) in [5.74, 6) is -0.175. The van der Waals surface area contributed by atoms with E-state index in [4.69, 9.17) is 11.6 Å². The van der Waals surface area contributed by atoms with Gasteiger partial charge in [-0.3, -0.25) is 10.1 Å². The maximum atomic E-state index is 12.3. The molecule has 0 saturated carbocycles. The van der Waals surface area contributed by atoms with Gasteiger partial charge in [-0.05, 0) is 22.9 Å². The van der Waals surface area contributed by atoms with Gasteiger partial charge in [0.05, 0.1) is 19.8 Å². The lowest BCUT2D eigenvalue weighted by molar-refractivity contribution is 0.103. The first-order chi connectivity index (χ1) is 11.7. The molecule has 0 saturated heterocycles. The smallest absolute Gasteiger partial charge is 0.267 e. The second-order valence-electron chi connectivity index (χ2n) is 5.46. The standard InChI is InChI=1S/C18H9ClN2OS2/c19-13-8-7-12(23-13)17(22)21-18-20-15-10-5-1-3-9-4-2-6-11(14(9)10)16(15)24-18/h1-8H,(H,20,21,22). The lowest BCUT2D eigenvalue weighted by atomic mass is 10.0. The van der Waals surface area contributed by atoms with Crippen LogP contribution >= 0.6 is 34.3 Å². The van der Waals surface area contributed by atoms with E-state index in [9.17, 15) is 4.79 Å². The highest BCUT2D eigenvalue weighted by Crippen LogP contribution is 2.50. The summed E-state index contributed by atoms with van der Waals surface area (Å²) in [7, 11) is 0. The summed E-state index contributed by atoms with van der Waals surface area (Å²) < 4.78 is 0.599. The van der Waals surface area contributed by atoms with Gasteiger partial charge in [0.1, 0.15) is 0 Å². The molecule has 2 heterocycles. The Morgan fingerprint density at radius 1 is 1.00 bits per heavy atom. The summed E-state index contributed by atoms with van der Waals surface area (Å²) >= 11 is 8.67. The van der Waals surface area contributed by atoms with Crippen LogP contribution in [0.1, 0.15) is 9.67 Å². The van der Waals surface area contributed by atoms with Crippen LogP contribution in [0.5, 0.6) is 0 Å². The second-order valence-corrected chi connectivity index (χ2v) is 8.18. The largest absolute Gasteiger partial charge is 0.297 e. The molecule has 2 aromatic heterocycles. The Labute approximate surface area is 150 Å². The first kappa shape index (κ1) is 14.2. The van der Waals surface area contributed by atoms with Gasteiger partial charge in [0, 0.05) is 11.1 Å². The Kier molecular flexibility index (Phi) is 3.03. The minimum absolute atomic E-state index is 0.175. The van der Waals surface area contributed by atoms with E-state index in [1.807, 2.05) is 6.07 Å². The number of thiophene rings is 1. The van der Waals surface area contributed by atoms with E-state index in [0.29, 0.717) is 14.3 Å². The number of nitrogens with one attached hydrogen (secondary N) is 1. The van der Waals surface area contributed by atoms with Gasteiger partial charge in [-0.2, -0.15) is 0 Å². The number of hydrogen-bond acceptors (Lipinski definition) is 4. The van der Waals surface area contributed by atoms with E-state index in [-0.39, 0.29) is 5.91 Å². The second kappa shape index (κ2) is 5.14. The number of nitrogens with zero attached hydrogens (tertiary/aromatic N) is 1. The van der Waals surface area contributed by atoms with Crippen molar-refractivity contribution in [2.75, 3.05) is 5.32 Å². The number of carbonyl (C=O) groups excluding carboxylic acids is 1. The molecule has 4 aromatic rings. The maximum absolute atomic E-state index is 12.3. The Bertz CT molecular complexity index is 1070. The third-order valence-electron chi connectivity index (χ3n) is 4.05. The van der Waals surface area contributed by atoms with Crippen molar-refractivity contribution in [3.63, 3.8) is 0 Å². The zero-order chi connectivity index (χ0) is 16.3. The molecule has 5 rings (SSSR count). The van der Waals surface area contributed by atoms with E-state index in [2.05, 4.69) is 40.6 Å². The Hall–Kier alpha value is -2.21. The predicted molar refractivity (Wildman–Crippen MR) is 101 cm³/mol. The summed E-state index contributed by atoms with van der Waals surface area (Å²) in [6.45, 7) is 0. The van der Waals surface area contributed by atoms with Gasteiger partial charge in [-0.1, -0.05) is 59.3 Å². The molecule has 0 spiro atoms. The van der Waals surface area contributed by atoms with Crippen LogP contribution in [0.3, 0.4) is 0 Å². The minimum atomic E-state index is -0.175. The number of carbonyl (C=O) groups is 1. The van der Waals surface area contributed by atoms with Gasteiger partial charge in [-0.25, -0.2) is 4.98 Å². The number of thiazole rings is 1. The molecule has 0 bridgehead atoms. The number of fused-ring (bicyclic) bond motifs is 3. The summed E-state index contributed by atoms with van der Waals surface area (Å²) in [6.07, 6.45) is 0. The molecule has 0 unspecified atom stereocenters. The minimum Gasteiger partial charge on any atom is -0.297 e. The molecule has 1 aliphatic rings. The number of amides is 1. The Morgan fingerprint density at radius 3 is 2.54 bits per heavy atom. The van der Waals surface area contributed by atoms with Crippen molar-refractivity contribution in [2.45, 2.75) is 0 Å². The van der Waals surface area contributed by atoms with Crippen LogP contribution in [0.25, 0.3) is 32.5 Å². The van der Waals surface area contributed by atoms with Gasteiger partial charge < -0.3 is 0 Å². The highest BCUT2D eigenvalue weighted by Gasteiger charge is 2.26. The molecule has 0 radical (unpaired) electrons. The number of hydrogen-bond donors (Lipinski definition) is 1. The fraction of sp³-hybridized carbons (Fsp3) is 0. The van der Waals surface area contributed by atoms with Gasteiger partial charge >= 0.3 is 0 Å². The van der Waals surface area contributed by atoms with Crippen molar-refractivity contribution >= 4 is 56.1 Å². The van der Waals surface area contributed by atoms with Crippen LogP contribution in [0.2, 0.25) is 4.34 Å². The van der Waals surface area contributed by atoms with Crippen molar-refractivity contribution in [3.05, 3.63) is 57.7 Å². The molecular weight excluding hydrogens is 360 g/mol. The average molecular weight is 369 g/mol. The molecule has 3 nitrogen and oxygen atoms in total. The fourth-order valence-electron chi connectivity index (χ4n) is 3.06. The lowest BCUT2D eigenvalue weighted by Gasteiger charge is -2.02. The van der Waals surface area contributed by atoms with Crippen LogP contribution in [-0.2, 0) is 0 Å². The molecule has 0 atom stereocenters. The zero-order valence-corrected chi connectivity index (χ0v) is 14.6. The van der Waals surface area contributed by atoms with E-state index < -0.39 is 0 Å². The summed E-state index contributed by atoms with van der Waals surface area (Å²) in [5.41, 5.74) is 3.27. The van der Waals surface area contributed by atoms with Gasteiger partial charge in [0.25, 0.3) is 5.91 Å². The maximum Gasteiger partial charge on any atom is 0.267 e. The molecule has 1 aliphatic carbocycles. The zero-order valence-electron chi connectivity index (χ0n) is 12.2. The topological polar surface area (TPSA) is 42.0 Å². The number of rotatable bonds is 2.